The first-order valence-electron chi connectivity index (χ1n) is 4.70. The Morgan fingerprint density at radius 2 is 1.88 bits per heavy atom. The van der Waals surface area contributed by atoms with E-state index < -0.39 is 0 Å². The van der Waals surface area contributed by atoms with E-state index in [1.54, 1.807) is 0 Å². The molecule has 0 unspecified atom stereocenters. The molecule has 1 aliphatic heterocycles. The van der Waals surface area contributed by atoms with Crippen LogP contribution in [-0.2, 0) is 4.74 Å². The normalized spacial score (nSPS) is 14.8. The summed E-state index contributed by atoms with van der Waals surface area (Å²) in [7, 11) is 0. The molecule has 1 fully saturated rings. The second-order valence-corrected chi connectivity index (χ2v) is 4.24. The van der Waals surface area contributed by atoms with E-state index in [1.165, 1.54) is 11.8 Å². The summed E-state index contributed by atoms with van der Waals surface area (Å²) in [6, 6.07) is 3.75. The van der Waals surface area contributed by atoms with Crippen LogP contribution in [0, 0.1) is 22.7 Å². The summed E-state index contributed by atoms with van der Waals surface area (Å²) >= 11 is 6.63. The lowest BCUT2D eigenvalue weighted by atomic mass is 10.3. The summed E-state index contributed by atoms with van der Waals surface area (Å²) in [6.45, 7) is 2.70. The number of thioether (sulfide) groups is 1. The zero-order valence-corrected chi connectivity index (χ0v) is 10.5. The number of ether oxygens (including phenoxy) is 1. The van der Waals surface area contributed by atoms with Gasteiger partial charge in [0.15, 0.2) is 0 Å². The third-order valence-electron chi connectivity index (χ3n) is 2.15. The SMILES string of the molecule is CSC(C(=S)N1CCOCC1)=C(C#N)C#N. The molecule has 1 aliphatic rings. The van der Waals surface area contributed by atoms with Gasteiger partial charge in [0.1, 0.15) is 22.7 Å². The number of hydrogen-bond acceptors (Lipinski definition) is 5. The minimum absolute atomic E-state index is 0.0870. The fourth-order valence-electron chi connectivity index (χ4n) is 1.33. The molecule has 0 aliphatic carbocycles. The number of morpholine rings is 1. The highest BCUT2D eigenvalue weighted by Gasteiger charge is 2.19. The van der Waals surface area contributed by atoms with E-state index in [0.29, 0.717) is 36.2 Å². The molecule has 0 atom stereocenters. The molecule has 16 heavy (non-hydrogen) atoms. The van der Waals surface area contributed by atoms with Crippen molar-refractivity contribution in [1.82, 2.24) is 4.90 Å². The van der Waals surface area contributed by atoms with Crippen molar-refractivity contribution in [3.05, 3.63) is 10.5 Å². The predicted molar refractivity (Wildman–Crippen MR) is 66.8 cm³/mol. The van der Waals surface area contributed by atoms with E-state index in [4.69, 9.17) is 27.5 Å². The Morgan fingerprint density at radius 1 is 1.31 bits per heavy atom. The van der Waals surface area contributed by atoms with Gasteiger partial charge in [0, 0.05) is 13.1 Å². The lowest BCUT2D eigenvalue weighted by molar-refractivity contribution is 0.0693. The van der Waals surface area contributed by atoms with Gasteiger partial charge in [-0.2, -0.15) is 10.5 Å². The summed E-state index contributed by atoms with van der Waals surface area (Å²) in [5.74, 6) is 0. The van der Waals surface area contributed by atoms with Crippen LogP contribution in [0.5, 0.6) is 0 Å². The molecule has 1 rings (SSSR count). The number of thiocarbonyl (C=S) groups is 1. The average molecular weight is 253 g/mol. The Morgan fingerprint density at radius 3 is 2.31 bits per heavy atom. The van der Waals surface area contributed by atoms with Crippen molar-refractivity contribution in [3.8, 4) is 12.1 Å². The molecule has 0 aromatic carbocycles. The minimum Gasteiger partial charge on any atom is -0.378 e. The lowest BCUT2D eigenvalue weighted by Gasteiger charge is -2.29. The molecular weight excluding hydrogens is 242 g/mol. The smallest absolute Gasteiger partial charge is 0.146 e. The summed E-state index contributed by atoms with van der Waals surface area (Å²) in [5, 5.41) is 17.7. The second kappa shape index (κ2) is 6.49. The molecule has 0 amide bonds. The van der Waals surface area contributed by atoms with Crippen molar-refractivity contribution in [2.75, 3.05) is 32.6 Å². The largest absolute Gasteiger partial charge is 0.378 e. The highest BCUT2D eigenvalue weighted by atomic mass is 32.2. The third kappa shape index (κ3) is 2.96. The Hall–Kier alpha value is -1.08. The van der Waals surface area contributed by atoms with Gasteiger partial charge < -0.3 is 9.64 Å². The van der Waals surface area contributed by atoms with Crippen LogP contribution in [0.3, 0.4) is 0 Å². The predicted octanol–water partition coefficient (Wildman–Crippen LogP) is 1.31. The van der Waals surface area contributed by atoms with E-state index in [2.05, 4.69) is 0 Å². The number of nitriles is 2. The topological polar surface area (TPSA) is 60.0 Å². The maximum absolute atomic E-state index is 8.83. The number of allylic oxidation sites excluding steroid dienone is 1. The van der Waals surface area contributed by atoms with Gasteiger partial charge in [0.2, 0.25) is 0 Å². The molecule has 1 heterocycles. The first-order chi connectivity index (χ1) is 7.74. The Labute approximate surface area is 104 Å². The molecule has 0 N–H and O–H groups in total. The average Bonchev–Trinajstić information content (AvgIpc) is 2.36. The quantitative estimate of drug-likeness (QED) is 0.420. The summed E-state index contributed by atoms with van der Waals surface area (Å²) < 4.78 is 5.22. The van der Waals surface area contributed by atoms with Crippen molar-refractivity contribution < 1.29 is 4.74 Å². The van der Waals surface area contributed by atoms with Crippen LogP contribution in [-0.4, -0.2) is 42.4 Å². The van der Waals surface area contributed by atoms with E-state index in [0.717, 1.165) is 0 Å². The summed E-state index contributed by atoms with van der Waals surface area (Å²) in [6.07, 6.45) is 1.82. The fourth-order valence-corrected chi connectivity index (χ4v) is 2.47. The molecule has 4 nitrogen and oxygen atoms in total. The number of nitrogens with zero attached hydrogens (tertiary/aromatic N) is 3. The highest BCUT2D eigenvalue weighted by Crippen LogP contribution is 2.21. The Balaban J connectivity index is 2.90. The fraction of sp³-hybridized carbons (Fsp3) is 0.500. The van der Waals surface area contributed by atoms with Crippen molar-refractivity contribution in [1.29, 1.82) is 10.5 Å². The van der Waals surface area contributed by atoms with Crippen LogP contribution in [0.15, 0.2) is 10.5 Å². The van der Waals surface area contributed by atoms with Gasteiger partial charge >= 0.3 is 0 Å². The van der Waals surface area contributed by atoms with Crippen LogP contribution in [0.4, 0.5) is 0 Å². The molecule has 0 radical (unpaired) electrons. The van der Waals surface area contributed by atoms with Gasteiger partial charge in [-0.3, -0.25) is 0 Å². The molecule has 0 bridgehead atoms. The molecular formula is C10H11N3OS2. The molecule has 1 saturated heterocycles. The van der Waals surface area contributed by atoms with Gasteiger partial charge in [-0.1, -0.05) is 12.2 Å². The van der Waals surface area contributed by atoms with Gasteiger partial charge in [-0.15, -0.1) is 11.8 Å². The van der Waals surface area contributed by atoms with E-state index >= 15 is 0 Å². The van der Waals surface area contributed by atoms with Crippen molar-refractivity contribution in [2.45, 2.75) is 0 Å². The monoisotopic (exact) mass is 253 g/mol. The van der Waals surface area contributed by atoms with Crippen LogP contribution in [0.25, 0.3) is 0 Å². The zero-order chi connectivity index (χ0) is 12.0. The van der Waals surface area contributed by atoms with Crippen LogP contribution in [0.1, 0.15) is 0 Å². The van der Waals surface area contributed by atoms with Gasteiger partial charge in [0.05, 0.1) is 18.1 Å². The first kappa shape index (κ1) is 13.0. The molecule has 0 aromatic rings. The highest BCUT2D eigenvalue weighted by molar-refractivity contribution is 8.04. The van der Waals surface area contributed by atoms with Crippen molar-refractivity contribution in [3.63, 3.8) is 0 Å². The standard InChI is InChI=1S/C10H11N3OS2/c1-16-9(8(6-11)7-12)10(15)13-2-4-14-5-3-13/h2-5H2,1H3. The Kier molecular flexibility index (Phi) is 5.27. The zero-order valence-electron chi connectivity index (χ0n) is 8.89. The maximum Gasteiger partial charge on any atom is 0.146 e. The van der Waals surface area contributed by atoms with Gasteiger partial charge in [-0.25, -0.2) is 0 Å². The Bertz CT molecular complexity index is 370. The number of rotatable bonds is 2. The summed E-state index contributed by atoms with van der Waals surface area (Å²) in [4.78, 5) is 3.13. The maximum atomic E-state index is 8.83. The molecule has 6 heteroatoms. The minimum atomic E-state index is 0.0870. The van der Waals surface area contributed by atoms with Crippen LogP contribution >= 0.6 is 24.0 Å². The van der Waals surface area contributed by atoms with Crippen LogP contribution in [0.2, 0.25) is 0 Å². The second-order valence-electron chi connectivity index (χ2n) is 3.04. The summed E-state index contributed by atoms with van der Waals surface area (Å²) in [5.41, 5.74) is 0.0870. The lowest BCUT2D eigenvalue weighted by Crippen LogP contribution is -2.40. The van der Waals surface area contributed by atoms with Gasteiger partial charge in [0.25, 0.3) is 0 Å². The van der Waals surface area contributed by atoms with Crippen molar-refractivity contribution in [2.24, 2.45) is 0 Å². The molecule has 0 spiro atoms. The van der Waals surface area contributed by atoms with Crippen LogP contribution < -0.4 is 0 Å². The van der Waals surface area contributed by atoms with Crippen molar-refractivity contribution >= 4 is 29.0 Å². The van der Waals surface area contributed by atoms with E-state index in [9.17, 15) is 0 Å². The van der Waals surface area contributed by atoms with E-state index in [-0.39, 0.29) is 5.57 Å². The first-order valence-corrected chi connectivity index (χ1v) is 6.33. The van der Waals surface area contributed by atoms with Gasteiger partial charge in [-0.05, 0) is 6.26 Å². The third-order valence-corrected chi connectivity index (χ3v) is 3.54. The number of hydrogen-bond donors (Lipinski definition) is 0. The molecule has 0 saturated carbocycles. The molecule has 0 aromatic heterocycles. The van der Waals surface area contributed by atoms with E-state index in [1.807, 2.05) is 23.3 Å². The molecule has 84 valence electrons.